The van der Waals surface area contributed by atoms with Gasteiger partial charge in [-0.2, -0.15) is 5.10 Å². The van der Waals surface area contributed by atoms with Crippen LogP contribution in [-0.4, -0.2) is 16.9 Å². The Labute approximate surface area is 93.4 Å². The molecule has 0 spiro atoms. The molecule has 0 atom stereocenters. The molecule has 0 amide bonds. The van der Waals surface area contributed by atoms with Crippen LogP contribution in [0.15, 0.2) is 30.6 Å². The van der Waals surface area contributed by atoms with Gasteiger partial charge in [0.25, 0.3) is 0 Å². The van der Waals surface area contributed by atoms with Gasteiger partial charge in [0.05, 0.1) is 19.5 Å². The number of aromatic nitrogens is 2. The van der Waals surface area contributed by atoms with E-state index in [0.29, 0.717) is 22.9 Å². The van der Waals surface area contributed by atoms with Crippen molar-refractivity contribution in [3.8, 4) is 17.2 Å². The number of benzene rings is 1. The Hall–Kier alpha value is -2.17. The van der Waals surface area contributed by atoms with Gasteiger partial charge in [-0.3, -0.25) is 4.68 Å². The van der Waals surface area contributed by atoms with Gasteiger partial charge in [-0.05, 0) is 0 Å². The van der Waals surface area contributed by atoms with Crippen molar-refractivity contribution in [3.63, 3.8) is 0 Å². The van der Waals surface area contributed by atoms with E-state index in [1.54, 1.807) is 42.4 Å². The Bertz CT molecular complexity index is 494. The molecule has 0 unspecified atom stereocenters. The van der Waals surface area contributed by atoms with Crippen molar-refractivity contribution in [1.29, 1.82) is 0 Å². The first-order valence-electron chi connectivity index (χ1n) is 4.78. The van der Waals surface area contributed by atoms with E-state index in [4.69, 9.17) is 15.2 Å². The lowest BCUT2D eigenvalue weighted by Crippen LogP contribution is -1.91. The van der Waals surface area contributed by atoms with Crippen molar-refractivity contribution in [1.82, 2.24) is 9.78 Å². The highest BCUT2D eigenvalue weighted by molar-refractivity contribution is 5.51. The first-order chi connectivity index (χ1) is 7.67. The highest BCUT2D eigenvalue weighted by atomic mass is 16.5. The van der Waals surface area contributed by atoms with Gasteiger partial charge in [0.1, 0.15) is 11.5 Å². The first kappa shape index (κ1) is 10.4. The monoisotopic (exact) mass is 219 g/mol. The molecule has 0 radical (unpaired) electrons. The van der Waals surface area contributed by atoms with Crippen LogP contribution < -0.4 is 15.2 Å². The second-order valence-corrected chi connectivity index (χ2v) is 3.39. The summed E-state index contributed by atoms with van der Waals surface area (Å²) in [4.78, 5) is 0. The third-order valence-corrected chi connectivity index (χ3v) is 2.05. The molecule has 0 bridgehead atoms. The van der Waals surface area contributed by atoms with Crippen LogP contribution in [0.2, 0.25) is 0 Å². The Morgan fingerprint density at radius 2 is 1.94 bits per heavy atom. The van der Waals surface area contributed by atoms with Crippen LogP contribution in [0, 0.1) is 0 Å². The van der Waals surface area contributed by atoms with E-state index in [-0.39, 0.29) is 0 Å². The van der Waals surface area contributed by atoms with Gasteiger partial charge in [-0.15, -0.1) is 0 Å². The summed E-state index contributed by atoms with van der Waals surface area (Å²) >= 11 is 0. The van der Waals surface area contributed by atoms with Crippen molar-refractivity contribution < 1.29 is 9.47 Å². The SMILES string of the molecule is COc1cc(N)cc(Oc2cnn(C)c2)c1. The summed E-state index contributed by atoms with van der Waals surface area (Å²) < 4.78 is 12.3. The van der Waals surface area contributed by atoms with Crippen LogP contribution in [0.25, 0.3) is 0 Å². The van der Waals surface area contributed by atoms with Gasteiger partial charge in [0.2, 0.25) is 0 Å². The number of ether oxygens (including phenoxy) is 2. The molecule has 2 N–H and O–H groups in total. The third kappa shape index (κ3) is 2.25. The topological polar surface area (TPSA) is 62.3 Å². The zero-order valence-electron chi connectivity index (χ0n) is 9.18. The lowest BCUT2D eigenvalue weighted by Gasteiger charge is -2.06. The molecule has 5 heteroatoms. The minimum atomic E-state index is 0.596. The van der Waals surface area contributed by atoms with Crippen LogP contribution in [0.3, 0.4) is 0 Å². The average molecular weight is 219 g/mol. The summed E-state index contributed by atoms with van der Waals surface area (Å²) in [5.41, 5.74) is 6.31. The second kappa shape index (κ2) is 4.14. The molecular weight excluding hydrogens is 206 g/mol. The van der Waals surface area contributed by atoms with Crippen molar-refractivity contribution in [2.45, 2.75) is 0 Å². The summed E-state index contributed by atoms with van der Waals surface area (Å²) in [6.45, 7) is 0. The highest BCUT2D eigenvalue weighted by Gasteiger charge is 2.03. The molecule has 1 aromatic heterocycles. The molecule has 1 aromatic carbocycles. The number of methoxy groups -OCH3 is 1. The number of nitrogens with two attached hydrogens (primary N) is 1. The number of nitrogen functional groups attached to an aromatic ring is 1. The van der Waals surface area contributed by atoms with Gasteiger partial charge in [-0.25, -0.2) is 0 Å². The lowest BCUT2D eigenvalue weighted by atomic mass is 10.3. The fraction of sp³-hybridized carbons (Fsp3) is 0.182. The fourth-order valence-electron chi connectivity index (χ4n) is 1.36. The first-order valence-corrected chi connectivity index (χ1v) is 4.78. The summed E-state index contributed by atoms with van der Waals surface area (Å²) in [5, 5.41) is 4.01. The third-order valence-electron chi connectivity index (χ3n) is 2.05. The molecule has 5 nitrogen and oxygen atoms in total. The number of rotatable bonds is 3. The van der Waals surface area contributed by atoms with Crippen LogP contribution in [0.4, 0.5) is 5.69 Å². The van der Waals surface area contributed by atoms with Crippen LogP contribution >= 0.6 is 0 Å². The quantitative estimate of drug-likeness (QED) is 0.799. The molecule has 0 saturated carbocycles. The smallest absolute Gasteiger partial charge is 0.165 e. The highest BCUT2D eigenvalue weighted by Crippen LogP contribution is 2.27. The Morgan fingerprint density at radius 1 is 1.19 bits per heavy atom. The molecular formula is C11H13N3O2. The average Bonchev–Trinajstić information content (AvgIpc) is 2.63. The number of nitrogens with zero attached hydrogens (tertiary/aromatic N) is 2. The van der Waals surface area contributed by atoms with E-state index in [0.717, 1.165) is 0 Å². The summed E-state index contributed by atoms with van der Waals surface area (Å²) in [5.74, 6) is 1.96. The molecule has 0 fully saturated rings. The largest absolute Gasteiger partial charge is 0.497 e. The molecule has 0 saturated heterocycles. The zero-order chi connectivity index (χ0) is 11.5. The molecule has 0 aliphatic heterocycles. The van der Waals surface area contributed by atoms with E-state index >= 15 is 0 Å². The molecule has 0 aliphatic rings. The van der Waals surface area contributed by atoms with Crippen LogP contribution in [0.5, 0.6) is 17.2 Å². The number of hydrogen-bond donors (Lipinski definition) is 1. The van der Waals surface area contributed by atoms with E-state index in [1.165, 1.54) is 0 Å². The maximum Gasteiger partial charge on any atom is 0.165 e. The van der Waals surface area contributed by atoms with Gasteiger partial charge in [-0.1, -0.05) is 0 Å². The fourth-order valence-corrected chi connectivity index (χ4v) is 1.36. The molecule has 84 valence electrons. The van der Waals surface area contributed by atoms with Crippen molar-refractivity contribution in [2.75, 3.05) is 12.8 Å². The van der Waals surface area contributed by atoms with E-state index < -0.39 is 0 Å². The Balaban J connectivity index is 2.24. The number of aryl methyl sites for hydroxylation is 1. The number of hydrogen-bond acceptors (Lipinski definition) is 4. The van der Waals surface area contributed by atoms with Crippen LogP contribution in [-0.2, 0) is 7.05 Å². The van der Waals surface area contributed by atoms with Crippen molar-refractivity contribution in [2.24, 2.45) is 7.05 Å². The molecule has 0 aliphatic carbocycles. The zero-order valence-corrected chi connectivity index (χ0v) is 9.18. The van der Waals surface area contributed by atoms with Crippen molar-refractivity contribution >= 4 is 5.69 Å². The van der Waals surface area contributed by atoms with Gasteiger partial charge < -0.3 is 15.2 Å². The predicted molar refractivity (Wildman–Crippen MR) is 60.7 cm³/mol. The number of anilines is 1. The minimum Gasteiger partial charge on any atom is -0.497 e. The summed E-state index contributed by atoms with van der Waals surface area (Å²) in [6, 6.07) is 5.23. The molecule has 16 heavy (non-hydrogen) atoms. The van der Waals surface area contributed by atoms with Gasteiger partial charge in [0, 0.05) is 30.9 Å². The van der Waals surface area contributed by atoms with Crippen molar-refractivity contribution in [3.05, 3.63) is 30.6 Å². The summed E-state index contributed by atoms with van der Waals surface area (Å²) in [7, 11) is 3.41. The summed E-state index contributed by atoms with van der Waals surface area (Å²) in [6.07, 6.45) is 3.41. The second-order valence-electron chi connectivity index (χ2n) is 3.39. The van der Waals surface area contributed by atoms with Gasteiger partial charge in [0.15, 0.2) is 5.75 Å². The van der Waals surface area contributed by atoms with Crippen LogP contribution in [0.1, 0.15) is 0 Å². The van der Waals surface area contributed by atoms with E-state index in [1.807, 2.05) is 7.05 Å². The minimum absolute atomic E-state index is 0.596. The molecule has 2 aromatic rings. The predicted octanol–water partition coefficient (Wildman–Crippen LogP) is 1.80. The van der Waals surface area contributed by atoms with E-state index in [2.05, 4.69) is 5.10 Å². The molecule has 2 rings (SSSR count). The Kier molecular flexibility index (Phi) is 2.68. The van der Waals surface area contributed by atoms with Gasteiger partial charge >= 0.3 is 0 Å². The molecule has 1 heterocycles. The standard InChI is InChI=1S/C11H13N3O2/c1-14-7-11(6-13-14)16-10-4-8(12)3-9(5-10)15-2/h3-7H,12H2,1-2H3. The maximum atomic E-state index is 5.71. The lowest BCUT2D eigenvalue weighted by molar-refractivity contribution is 0.409. The Morgan fingerprint density at radius 3 is 2.56 bits per heavy atom. The normalized spacial score (nSPS) is 10.1. The van der Waals surface area contributed by atoms with E-state index in [9.17, 15) is 0 Å². The maximum absolute atomic E-state index is 5.71.